The zero-order valence-corrected chi connectivity index (χ0v) is 11.6. The lowest BCUT2D eigenvalue weighted by atomic mass is 10.1. The summed E-state index contributed by atoms with van der Waals surface area (Å²) in [6, 6.07) is 15.1. The second kappa shape index (κ2) is 6.23. The minimum atomic E-state index is -0.477. The average molecular weight is 267 g/mol. The van der Waals surface area contributed by atoms with Gasteiger partial charge < -0.3 is 9.84 Å². The van der Waals surface area contributed by atoms with Crippen LogP contribution in [0.2, 0.25) is 0 Å². The molecule has 102 valence electrons. The standard InChI is InChI=1S/C17H17NO2/c1-12-8-16(13(2)19)6-7-17(12)20-11-15-5-3-4-14(9-15)10-18/h3-9,13,19H,11H2,1-2H3. The maximum atomic E-state index is 9.53. The molecule has 0 saturated heterocycles. The first-order valence-corrected chi connectivity index (χ1v) is 6.50. The van der Waals surface area contributed by atoms with Crippen molar-refractivity contribution in [2.24, 2.45) is 0 Å². The third-order valence-electron chi connectivity index (χ3n) is 3.13. The molecule has 0 heterocycles. The summed E-state index contributed by atoms with van der Waals surface area (Å²) in [6.45, 7) is 4.11. The van der Waals surface area contributed by atoms with E-state index in [9.17, 15) is 5.11 Å². The van der Waals surface area contributed by atoms with Gasteiger partial charge in [0.2, 0.25) is 0 Å². The van der Waals surface area contributed by atoms with Gasteiger partial charge in [-0.2, -0.15) is 5.26 Å². The Morgan fingerprint density at radius 2 is 2.05 bits per heavy atom. The highest BCUT2D eigenvalue weighted by molar-refractivity contribution is 5.37. The van der Waals surface area contributed by atoms with E-state index in [2.05, 4.69) is 6.07 Å². The summed E-state index contributed by atoms with van der Waals surface area (Å²) in [7, 11) is 0. The van der Waals surface area contributed by atoms with Crippen LogP contribution in [0.1, 0.15) is 35.3 Å². The molecule has 1 unspecified atom stereocenters. The molecule has 0 aromatic heterocycles. The molecule has 0 amide bonds. The highest BCUT2D eigenvalue weighted by Gasteiger charge is 2.05. The summed E-state index contributed by atoms with van der Waals surface area (Å²) in [4.78, 5) is 0. The maximum Gasteiger partial charge on any atom is 0.122 e. The SMILES string of the molecule is Cc1cc(C(C)O)ccc1OCc1cccc(C#N)c1. The highest BCUT2D eigenvalue weighted by Crippen LogP contribution is 2.23. The van der Waals surface area contributed by atoms with Crippen LogP contribution in [0.15, 0.2) is 42.5 Å². The van der Waals surface area contributed by atoms with Gasteiger partial charge in [-0.1, -0.05) is 18.2 Å². The van der Waals surface area contributed by atoms with E-state index in [0.717, 1.165) is 22.4 Å². The summed E-state index contributed by atoms with van der Waals surface area (Å²) in [5.74, 6) is 0.789. The van der Waals surface area contributed by atoms with Crippen LogP contribution in [0.4, 0.5) is 0 Å². The van der Waals surface area contributed by atoms with Crippen LogP contribution in [0.3, 0.4) is 0 Å². The van der Waals surface area contributed by atoms with Crippen LogP contribution in [0, 0.1) is 18.3 Å². The molecule has 20 heavy (non-hydrogen) atoms. The molecule has 0 fully saturated rings. The molecule has 1 N–H and O–H groups in total. The number of ether oxygens (including phenoxy) is 1. The molecule has 0 aliphatic carbocycles. The molecule has 1 atom stereocenters. The second-order valence-electron chi connectivity index (χ2n) is 4.80. The molecule has 3 nitrogen and oxygen atoms in total. The second-order valence-corrected chi connectivity index (χ2v) is 4.80. The highest BCUT2D eigenvalue weighted by atomic mass is 16.5. The van der Waals surface area contributed by atoms with Crippen molar-refractivity contribution in [3.63, 3.8) is 0 Å². The van der Waals surface area contributed by atoms with Crippen LogP contribution in [0.25, 0.3) is 0 Å². The van der Waals surface area contributed by atoms with Crippen molar-refractivity contribution >= 4 is 0 Å². The minimum Gasteiger partial charge on any atom is -0.489 e. The number of benzene rings is 2. The lowest BCUT2D eigenvalue weighted by Gasteiger charge is -2.12. The molecule has 2 rings (SSSR count). The quantitative estimate of drug-likeness (QED) is 0.922. The summed E-state index contributed by atoms with van der Waals surface area (Å²) in [5, 5.41) is 18.4. The van der Waals surface area contributed by atoms with Gasteiger partial charge in [-0.15, -0.1) is 0 Å². The molecule has 2 aromatic rings. The van der Waals surface area contributed by atoms with Crippen molar-refractivity contribution in [2.75, 3.05) is 0 Å². The van der Waals surface area contributed by atoms with E-state index < -0.39 is 6.10 Å². The van der Waals surface area contributed by atoms with Crippen LogP contribution < -0.4 is 4.74 Å². The largest absolute Gasteiger partial charge is 0.489 e. The van der Waals surface area contributed by atoms with Crippen LogP contribution in [-0.4, -0.2) is 5.11 Å². The Morgan fingerprint density at radius 3 is 2.70 bits per heavy atom. The van der Waals surface area contributed by atoms with E-state index in [0.29, 0.717) is 12.2 Å². The minimum absolute atomic E-state index is 0.421. The maximum absolute atomic E-state index is 9.53. The Morgan fingerprint density at radius 1 is 1.25 bits per heavy atom. The number of hydrogen-bond acceptors (Lipinski definition) is 3. The van der Waals surface area contributed by atoms with Gasteiger partial charge in [0, 0.05) is 0 Å². The number of aliphatic hydroxyl groups is 1. The van der Waals surface area contributed by atoms with Crippen molar-refractivity contribution in [2.45, 2.75) is 26.6 Å². The van der Waals surface area contributed by atoms with E-state index in [1.54, 1.807) is 13.0 Å². The molecule has 0 aliphatic rings. The Labute approximate surface area is 119 Å². The predicted octanol–water partition coefficient (Wildman–Crippen LogP) is 3.50. The first kappa shape index (κ1) is 14.1. The molecular weight excluding hydrogens is 250 g/mol. The van der Waals surface area contributed by atoms with Crippen LogP contribution in [-0.2, 0) is 6.61 Å². The molecule has 0 bridgehead atoms. The number of nitriles is 1. The summed E-state index contributed by atoms with van der Waals surface area (Å²) in [5.41, 5.74) is 3.46. The van der Waals surface area contributed by atoms with Crippen LogP contribution in [0.5, 0.6) is 5.75 Å². The number of hydrogen-bond donors (Lipinski definition) is 1. The monoisotopic (exact) mass is 267 g/mol. The number of rotatable bonds is 4. The van der Waals surface area contributed by atoms with Crippen molar-refractivity contribution in [1.82, 2.24) is 0 Å². The Hall–Kier alpha value is -2.31. The third-order valence-corrected chi connectivity index (χ3v) is 3.13. The molecule has 3 heteroatoms. The lowest BCUT2D eigenvalue weighted by Crippen LogP contribution is -1.99. The van der Waals surface area contributed by atoms with E-state index in [1.165, 1.54) is 0 Å². The van der Waals surface area contributed by atoms with Gasteiger partial charge in [0.15, 0.2) is 0 Å². The van der Waals surface area contributed by atoms with Crippen molar-refractivity contribution in [3.05, 3.63) is 64.7 Å². The fourth-order valence-corrected chi connectivity index (χ4v) is 1.99. The summed E-state index contributed by atoms with van der Waals surface area (Å²) >= 11 is 0. The van der Waals surface area contributed by atoms with Crippen molar-refractivity contribution < 1.29 is 9.84 Å². The van der Waals surface area contributed by atoms with Gasteiger partial charge in [0.25, 0.3) is 0 Å². The fraction of sp³-hybridized carbons (Fsp3) is 0.235. The first-order valence-electron chi connectivity index (χ1n) is 6.50. The van der Waals surface area contributed by atoms with Crippen molar-refractivity contribution in [3.8, 4) is 11.8 Å². The topological polar surface area (TPSA) is 53.2 Å². The van der Waals surface area contributed by atoms with E-state index in [4.69, 9.17) is 10.00 Å². The summed E-state index contributed by atoms with van der Waals surface area (Å²) < 4.78 is 5.77. The number of aliphatic hydroxyl groups excluding tert-OH is 1. The molecule has 0 spiro atoms. The van der Waals surface area contributed by atoms with Gasteiger partial charge in [0.1, 0.15) is 12.4 Å². The summed E-state index contributed by atoms with van der Waals surface area (Å²) in [6.07, 6.45) is -0.477. The smallest absolute Gasteiger partial charge is 0.122 e. The van der Waals surface area contributed by atoms with Gasteiger partial charge in [-0.3, -0.25) is 0 Å². The van der Waals surface area contributed by atoms with Crippen molar-refractivity contribution in [1.29, 1.82) is 5.26 Å². The average Bonchev–Trinajstić information content (AvgIpc) is 2.46. The Kier molecular flexibility index (Phi) is 4.39. The Balaban J connectivity index is 2.09. The molecule has 0 radical (unpaired) electrons. The predicted molar refractivity (Wildman–Crippen MR) is 77.3 cm³/mol. The molecule has 0 aliphatic heterocycles. The zero-order valence-electron chi connectivity index (χ0n) is 11.6. The number of nitrogens with zero attached hydrogens (tertiary/aromatic N) is 1. The van der Waals surface area contributed by atoms with Crippen LogP contribution >= 0.6 is 0 Å². The molecule has 0 saturated carbocycles. The Bertz CT molecular complexity index is 642. The fourth-order valence-electron chi connectivity index (χ4n) is 1.99. The van der Waals surface area contributed by atoms with Gasteiger partial charge in [0.05, 0.1) is 17.7 Å². The van der Waals surface area contributed by atoms with Gasteiger partial charge >= 0.3 is 0 Å². The van der Waals surface area contributed by atoms with E-state index >= 15 is 0 Å². The molecule has 2 aromatic carbocycles. The lowest BCUT2D eigenvalue weighted by molar-refractivity contribution is 0.199. The van der Waals surface area contributed by atoms with E-state index in [-0.39, 0.29) is 0 Å². The third kappa shape index (κ3) is 3.37. The van der Waals surface area contributed by atoms with Gasteiger partial charge in [-0.05, 0) is 54.8 Å². The van der Waals surface area contributed by atoms with Gasteiger partial charge in [-0.25, -0.2) is 0 Å². The zero-order chi connectivity index (χ0) is 14.5. The molecular formula is C17H17NO2. The first-order chi connectivity index (χ1) is 9.60. The normalized spacial score (nSPS) is 11.7. The number of aryl methyl sites for hydroxylation is 1. The van der Waals surface area contributed by atoms with E-state index in [1.807, 2.05) is 43.3 Å².